The Hall–Kier alpha value is -8.05. The number of nitrogens with one attached hydrogen (secondary N) is 7. The van der Waals surface area contributed by atoms with E-state index in [2.05, 4.69) is 67.6 Å². The van der Waals surface area contributed by atoms with E-state index in [4.69, 9.17) is 34.2 Å². The van der Waals surface area contributed by atoms with Crippen molar-refractivity contribution >= 4 is 94.4 Å². The molecule has 7 amide bonds. The molecule has 3 aromatic rings. The number of H-pyrrole nitrogens is 1. The Kier molecular flexibility index (Phi) is 52.0. The summed E-state index contributed by atoms with van der Waals surface area (Å²) in [6, 6.07) is 3.90. The average molecular weight is 1700 g/mol. The summed E-state index contributed by atoms with van der Waals surface area (Å²) in [7, 11) is 0. The van der Waals surface area contributed by atoms with Crippen LogP contribution in [-0.4, -0.2) is 188 Å². The first-order valence-electron chi connectivity index (χ1n) is 44.8. The van der Waals surface area contributed by atoms with Crippen molar-refractivity contribution in [1.29, 1.82) is 0 Å². The summed E-state index contributed by atoms with van der Waals surface area (Å²) in [6.07, 6.45) is 29.9. The van der Waals surface area contributed by atoms with E-state index < -0.39 is 100 Å². The molecule has 3 atom stereocenters. The van der Waals surface area contributed by atoms with Crippen molar-refractivity contribution in [2.75, 3.05) is 80.3 Å². The van der Waals surface area contributed by atoms with Crippen LogP contribution in [0.1, 0.15) is 341 Å². The van der Waals surface area contributed by atoms with Crippen LogP contribution in [0.4, 0.5) is 36.6 Å². The SMILES string of the molecule is CCCCCCCCCCCCCCCC(=O)OCC(CSC[C@H](NC(=O)OC(C)(C)C)C(=O)N[C@@H](CCC(=O)NCCCN(CCCCN(CCCNC(=O)OC(C)(C)C)C(=O)OC(C)(C)C)C(=O)OC(C)(C)C)C(=O)Nc1ccc(Cn2c(=O)[nH]c3c(N)nc(NCCCC)nc32)cc1)OC(=O)CCCCCCCCCCCCCCC. The number of benzene rings is 1. The van der Waals surface area contributed by atoms with E-state index >= 15 is 0 Å². The van der Waals surface area contributed by atoms with Gasteiger partial charge in [-0.25, -0.2) is 24.0 Å². The number of esters is 2. The number of amides is 7. The van der Waals surface area contributed by atoms with Gasteiger partial charge >= 0.3 is 42.0 Å². The van der Waals surface area contributed by atoms with E-state index in [1.807, 2.05) is 0 Å². The topological polar surface area (TPSA) is 377 Å². The van der Waals surface area contributed by atoms with Gasteiger partial charge in [-0.1, -0.05) is 193 Å². The fraction of sp³-hybridized carbons (Fsp3) is 0.775. The van der Waals surface area contributed by atoms with Gasteiger partial charge in [-0.2, -0.15) is 21.7 Å². The van der Waals surface area contributed by atoms with E-state index in [9.17, 15) is 47.9 Å². The molecular weight excluding hydrogens is 1540 g/mol. The number of fused-ring (bicyclic) bond motifs is 1. The predicted octanol–water partition coefficient (Wildman–Crippen LogP) is 17.9. The number of ether oxygens (including phenoxy) is 6. The molecule has 0 aliphatic heterocycles. The number of carbonyl (C=O) groups excluding carboxylic acids is 9. The number of carbonyl (C=O) groups is 9. The van der Waals surface area contributed by atoms with E-state index in [-0.39, 0.29) is 100 Å². The zero-order chi connectivity index (χ0) is 88.1. The number of hydrogen-bond acceptors (Lipinski definition) is 21. The highest BCUT2D eigenvalue weighted by Crippen LogP contribution is 2.23. The van der Waals surface area contributed by atoms with Crippen molar-refractivity contribution < 1.29 is 71.6 Å². The lowest BCUT2D eigenvalue weighted by atomic mass is 10.0. The number of thioether (sulfide) groups is 1. The average Bonchev–Trinajstić information content (AvgIpc) is 1.64. The third-order valence-electron chi connectivity index (χ3n) is 19.2. The number of aromatic nitrogens is 4. The maximum Gasteiger partial charge on any atom is 0.410 e. The van der Waals surface area contributed by atoms with Gasteiger partial charge in [0, 0.05) is 82.3 Å². The minimum Gasteiger partial charge on any atom is -0.462 e. The third kappa shape index (κ3) is 51.4. The van der Waals surface area contributed by atoms with Gasteiger partial charge in [0.2, 0.25) is 23.7 Å². The third-order valence-corrected chi connectivity index (χ3v) is 20.4. The van der Waals surface area contributed by atoms with Crippen molar-refractivity contribution in [3.05, 3.63) is 40.3 Å². The van der Waals surface area contributed by atoms with E-state index in [0.29, 0.717) is 68.5 Å². The van der Waals surface area contributed by atoms with Crippen LogP contribution >= 0.6 is 11.8 Å². The summed E-state index contributed by atoms with van der Waals surface area (Å²) in [6.45, 7) is 29.3. The number of alkyl carbamates (subject to hydrolysis) is 2. The maximum atomic E-state index is 14.9. The summed E-state index contributed by atoms with van der Waals surface area (Å²) in [5, 5.41) is 17.1. The fourth-order valence-corrected chi connectivity index (χ4v) is 14.0. The number of nitrogens with zero attached hydrogens (tertiary/aromatic N) is 5. The monoisotopic (exact) mass is 1690 g/mol. The number of nitrogen functional groups attached to an aromatic ring is 1. The molecule has 29 nitrogen and oxygen atoms in total. The summed E-state index contributed by atoms with van der Waals surface area (Å²) in [5.41, 5.74) is 4.11. The Morgan fingerprint density at radius 3 is 1.43 bits per heavy atom. The standard InChI is InChI=1S/C89H155N13O16S/c1-16-19-22-24-26-28-30-32-34-36-38-40-42-48-73(104)113-64-69(114-74(105)49-43-41-39-37-35-33-31-29-27-25-23-20-17-2)65-119-66-71(96-83(110)116-87(7,8)9)79(107)95-70(78(106)94-68-52-50-67(51-53-68)63-102-77-75(97-81(102)108)76(90)98-80(99-77)92-56-21-18-3)54-55-72(103)91-57-46-61-100(84(111)117-88(10,11)12)59-44-45-60-101(85(112)118-89(13,14)15)62-47-58-93-82(109)115-86(4,5)6/h50-53,69-71H,16-49,54-66H2,1-15H3,(H,91,103)(H,93,109)(H,94,106)(H,95,107)(H,96,110)(H,97,108)(H3,90,92,98,99)/t69?,70-,71-/m0/s1. The summed E-state index contributed by atoms with van der Waals surface area (Å²) in [4.78, 5) is 152. The van der Waals surface area contributed by atoms with Crippen LogP contribution in [0.25, 0.3) is 11.2 Å². The zero-order valence-corrected chi connectivity index (χ0v) is 76.3. The van der Waals surface area contributed by atoms with Crippen LogP contribution in [0.3, 0.4) is 0 Å². The first-order valence-corrected chi connectivity index (χ1v) is 46.0. The Bertz CT molecular complexity index is 3470. The number of nitrogens with two attached hydrogens (primary N) is 1. The second-order valence-corrected chi connectivity index (χ2v) is 36.4. The second-order valence-electron chi connectivity index (χ2n) is 35.4. The summed E-state index contributed by atoms with van der Waals surface area (Å²) >= 11 is 1.16. The molecule has 0 saturated heterocycles. The van der Waals surface area contributed by atoms with Crippen molar-refractivity contribution in [3.8, 4) is 0 Å². The normalized spacial score (nSPS) is 12.5. The van der Waals surface area contributed by atoms with E-state index in [0.717, 1.165) is 69.5 Å². The quantitative estimate of drug-likeness (QED) is 0.0148. The minimum absolute atomic E-state index is 0.0631. The van der Waals surface area contributed by atoms with Crippen LogP contribution < -0.4 is 43.3 Å². The van der Waals surface area contributed by atoms with Crippen LogP contribution in [0.15, 0.2) is 29.1 Å². The second kappa shape index (κ2) is 58.8. The molecule has 9 N–H and O–H groups in total. The Morgan fingerprint density at radius 2 is 0.941 bits per heavy atom. The maximum absolute atomic E-state index is 14.9. The highest BCUT2D eigenvalue weighted by Gasteiger charge is 2.32. The van der Waals surface area contributed by atoms with Crippen molar-refractivity contribution in [2.45, 2.75) is 382 Å². The summed E-state index contributed by atoms with van der Waals surface area (Å²) in [5.74, 6) is -2.51. The van der Waals surface area contributed by atoms with Crippen molar-refractivity contribution in [2.24, 2.45) is 0 Å². The molecule has 1 aromatic carbocycles. The highest BCUT2D eigenvalue weighted by molar-refractivity contribution is 7.99. The van der Waals surface area contributed by atoms with Crippen LogP contribution in [0.2, 0.25) is 0 Å². The fourth-order valence-electron chi connectivity index (χ4n) is 12.9. The molecule has 0 aliphatic carbocycles. The van der Waals surface area contributed by atoms with Gasteiger partial charge in [0.15, 0.2) is 11.5 Å². The predicted molar refractivity (Wildman–Crippen MR) is 475 cm³/mol. The molecule has 3 rings (SSSR count). The van der Waals surface area contributed by atoms with E-state index in [1.165, 1.54) is 114 Å². The van der Waals surface area contributed by atoms with Gasteiger partial charge in [0.05, 0.1) is 6.54 Å². The van der Waals surface area contributed by atoms with Gasteiger partial charge in [-0.3, -0.25) is 28.5 Å². The van der Waals surface area contributed by atoms with Crippen molar-refractivity contribution in [1.82, 2.24) is 50.6 Å². The Labute approximate surface area is 715 Å². The molecule has 0 saturated carbocycles. The molecule has 30 heteroatoms. The lowest BCUT2D eigenvalue weighted by Crippen LogP contribution is -2.54. The molecule has 2 heterocycles. The number of aromatic amines is 1. The molecule has 1 unspecified atom stereocenters. The summed E-state index contributed by atoms with van der Waals surface area (Å²) < 4.78 is 35.8. The molecule has 678 valence electrons. The Morgan fingerprint density at radius 1 is 0.487 bits per heavy atom. The largest absolute Gasteiger partial charge is 0.462 e. The molecule has 0 aliphatic rings. The van der Waals surface area contributed by atoms with Crippen molar-refractivity contribution in [3.63, 3.8) is 0 Å². The van der Waals surface area contributed by atoms with Gasteiger partial charge in [-0.05, 0) is 152 Å². The molecule has 0 spiro atoms. The molecule has 2 aromatic heterocycles. The lowest BCUT2D eigenvalue weighted by Gasteiger charge is -2.29. The number of anilines is 3. The van der Waals surface area contributed by atoms with Gasteiger partial charge < -0.3 is 80.8 Å². The number of imidazole rings is 1. The smallest absolute Gasteiger partial charge is 0.410 e. The highest BCUT2D eigenvalue weighted by atomic mass is 32.2. The van der Waals surface area contributed by atoms with Crippen LogP contribution in [-0.2, 0) is 58.9 Å². The number of rotatable bonds is 62. The van der Waals surface area contributed by atoms with Gasteiger partial charge in [-0.15, -0.1) is 0 Å². The lowest BCUT2D eigenvalue weighted by molar-refractivity contribution is -0.157. The molecule has 0 radical (unpaired) electrons. The van der Waals surface area contributed by atoms with Gasteiger partial charge in [0.25, 0.3) is 0 Å². The number of hydrogen-bond donors (Lipinski definition) is 8. The first-order chi connectivity index (χ1) is 56.5. The first kappa shape index (κ1) is 105. The minimum atomic E-state index is -1.40. The zero-order valence-electron chi connectivity index (χ0n) is 75.5. The van der Waals surface area contributed by atoms with E-state index in [1.54, 1.807) is 117 Å². The molecular formula is C89H155N13O16S. The Balaban J connectivity index is 1.87. The van der Waals surface area contributed by atoms with Gasteiger partial charge in [0.1, 0.15) is 52.7 Å². The number of unbranched alkanes of at least 4 members (excludes halogenated alkanes) is 26. The van der Waals surface area contributed by atoms with Crippen LogP contribution in [0.5, 0.6) is 0 Å². The molecule has 0 bridgehead atoms. The molecule has 0 fully saturated rings. The molecule has 119 heavy (non-hydrogen) atoms. The van der Waals surface area contributed by atoms with Crippen LogP contribution in [0, 0.1) is 0 Å².